The van der Waals surface area contributed by atoms with Gasteiger partial charge in [-0.2, -0.15) is 5.26 Å². The van der Waals surface area contributed by atoms with E-state index in [9.17, 15) is 9.59 Å². The average molecular weight is 489 g/mol. The molecule has 2 N–H and O–H groups in total. The van der Waals surface area contributed by atoms with E-state index in [-0.39, 0.29) is 99.7 Å². The van der Waals surface area contributed by atoms with Crippen LogP contribution in [0.5, 0.6) is 0 Å². The van der Waals surface area contributed by atoms with Crippen LogP contribution in [0.1, 0.15) is 11.3 Å². The van der Waals surface area contributed by atoms with Crippen molar-refractivity contribution < 1.29 is 68.9 Å². The van der Waals surface area contributed by atoms with Crippen LogP contribution < -0.4 is 85.3 Å². The molecule has 0 fully saturated rings. The fraction of sp³-hybridized carbons (Fsp3) is 0.111. The van der Waals surface area contributed by atoms with Gasteiger partial charge >= 0.3 is 68.9 Å². The maximum Gasteiger partial charge on any atom is 1.00 e. The van der Waals surface area contributed by atoms with Crippen molar-refractivity contribution in [2.75, 3.05) is 5.32 Å². The summed E-state index contributed by atoms with van der Waals surface area (Å²) < 4.78 is 1.26. The molecule has 128 valence electrons. The second-order valence-electron chi connectivity index (χ2n) is 5.32. The maximum absolute atomic E-state index is 12.2. The van der Waals surface area contributed by atoms with Gasteiger partial charge in [-0.1, -0.05) is 11.6 Å². The summed E-state index contributed by atoms with van der Waals surface area (Å²) in [4.78, 5) is 27.1. The van der Waals surface area contributed by atoms with Crippen LogP contribution in [0.15, 0.2) is 46.0 Å². The van der Waals surface area contributed by atoms with E-state index in [0.29, 0.717) is 21.8 Å². The molecule has 3 rings (SSSR count). The van der Waals surface area contributed by atoms with E-state index in [4.69, 9.17) is 16.9 Å². The number of nitrogens with zero attached hydrogens (tertiary/aromatic N) is 2. The van der Waals surface area contributed by atoms with Crippen LogP contribution in [0.4, 0.5) is 5.69 Å². The number of anilines is 1. The number of pyridine rings is 2. The molecule has 0 radical (unpaired) electrons. The Hall–Kier alpha value is -0.988. The number of H-pyrrole nitrogens is 1. The van der Waals surface area contributed by atoms with Gasteiger partial charge in [0.15, 0.2) is 0 Å². The van der Waals surface area contributed by atoms with Crippen LogP contribution in [0.25, 0.3) is 10.9 Å². The Bertz CT molecular complexity index is 1100. The summed E-state index contributed by atoms with van der Waals surface area (Å²) in [5, 5.41) is 13.3. The Morgan fingerprint density at radius 3 is 2.65 bits per heavy atom. The minimum atomic E-state index is -0.325. The minimum absolute atomic E-state index is 0. The number of aromatic nitrogens is 2. The van der Waals surface area contributed by atoms with Crippen LogP contribution in [-0.4, -0.2) is 9.55 Å². The maximum atomic E-state index is 12.2. The van der Waals surface area contributed by atoms with Gasteiger partial charge in [-0.05, 0) is 36.4 Å². The van der Waals surface area contributed by atoms with Gasteiger partial charge in [0.25, 0.3) is 11.1 Å². The topological polar surface area (TPSA) is 90.7 Å². The average Bonchev–Trinajstić information content (AvgIpc) is 2.57. The summed E-state index contributed by atoms with van der Waals surface area (Å²) in [5.74, 6) is 0. The molecule has 1 aromatic carbocycles. The summed E-state index contributed by atoms with van der Waals surface area (Å²) in [7, 11) is 1.52. The second kappa shape index (κ2) is 9.80. The van der Waals surface area contributed by atoms with Crippen molar-refractivity contribution in [1.82, 2.24) is 9.55 Å². The third-order valence-corrected chi connectivity index (χ3v) is 4.01. The van der Waals surface area contributed by atoms with E-state index in [1.165, 1.54) is 17.7 Å². The third kappa shape index (κ3) is 4.84. The van der Waals surface area contributed by atoms with E-state index < -0.39 is 0 Å². The standard InChI is InChI=1S/C17H13ClN4O2.CH3.Cs/c1-22-13(8-19)3-5-15(17(22)24)20-9-11-6-10-7-12(18)2-4-14(10)21-16(11)23;;/h2-7,20H,9H2,1H3,(H,21,23);1H3;/q;-1;+1. The van der Waals surface area contributed by atoms with Crippen LogP contribution in [0.3, 0.4) is 0 Å². The fourth-order valence-corrected chi connectivity index (χ4v) is 2.61. The first-order valence-electron chi connectivity index (χ1n) is 7.15. The first-order chi connectivity index (χ1) is 11.5. The number of nitriles is 1. The van der Waals surface area contributed by atoms with E-state index in [2.05, 4.69) is 10.3 Å². The minimum Gasteiger partial charge on any atom is -0.376 e. The predicted molar refractivity (Wildman–Crippen MR) is 99.7 cm³/mol. The van der Waals surface area contributed by atoms with Gasteiger partial charge in [0, 0.05) is 35.1 Å². The molecule has 0 spiro atoms. The van der Waals surface area contributed by atoms with Gasteiger partial charge in [-0.3, -0.25) is 9.59 Å². The molecule has 0 saturated heterocycles. The molecule has 0 amide bonds. The van der Waals surface area contributed by atoms with E-state index in [1.54, 1.807) is 30.3 Å². The molecular weight excluding hydrogens is 473 g/mol. The summed E-state index contributed by atoms with van der Waals surface area (Å²) in [6.45, 7) is 0.179. The Kier molecular flexibility index (Phi) is 8.69. The first-order valence-corrected chi connectivity index (χ1v) is 7.53. The molecular formula is C18H16ClCsN4O2. The smallest absolute Gasteiger partial charge is 0.376 e. The number of hydrogen-bond donors (Lipinski definition) is 2. The molecule has 26 heavy (non-hydrogen) atoms. The number of hydrogen-bond acceptors (Lipinski definition) is 4. The van der Waals surface area contributed by atoms with Crippen molar-refractivity contribution >= 4 is 28.2 Å². The Morgan fingerprint density at radius 2 is 1.96 bits per heavy atom. The van der Waals surface area contributed by atoms with Crippen molar-refractivity contribution in [2.24, 2.45) is 7.05 Å². The van der Waals surface area contributed by atoms with Gasteiger partial charge in [0.1, 0.15) is 17.5 Å². The SMILES string of the molecule is Cn1c(C#N)ccc(NCc2cc3cc(Cl)ccc3[nH]c2=O)c1=O.[CH3-].[Cs+]. The molecule has 0 aliphatic carbocycles. The van der Waals surface area contributed by atoms with Gasteiger partial charge in [0.05, 0.1) is 0 Å². The van der Waals surface area contributed by atoms with Crippen LogP contribution in [0.2, 0.25) is 5.02 Å². The largest absolute Gasteiger partial charge is 1.00 e. The zero-order valence-corrected chi connectivity index (χ0v) is 21.8. The zero-order chi connectivity index (χ0) is 17.3. The Balaban J connectivity index is 0.00000169. The van der Waals surface area contributed by atoms with Crippen LogP contribution >= 0.6 is 11.6 Å². The predicted octanol–water partition coefficient (Wildman–Crippen LogP) is -0.182. The number of halogens is 1. The molecule has 3 aromatic rings. The number of rotatable bonds is 3. The fourth-order valence-electron chi connectivity index (χ4n) is 2.43. The molecule has 0 atom stereocenters. The number of nitrogens with one attached hydrogen (secondary N) is 2. The molecule has 0 saturated carbocycles. The summed E-state index contributed by atoms with van der Waals surface area (Å²) >= 11 is 5.97. The van der Waals surface area contributed by atoms with E-state index in [0.717, 1.165) is 5.39 Å². The third-order valence-electron chi connectivity index (χ3n) is 3.77. The number of benzene rings is 1. The number of aromatic amines is 1. The molecule has 8 heteroatoms. The van der Waals surface area contributed by atoms with Crippen molar-refractivity contribution in [3.63, 3.8) is 0 Å². The molecule has 2 aromatic heterocycles. The molecule has 6 nitrogen and oxygen atoms in total. The summed E-state index contributed by atoms with van der Waals surface area (Å²) in [5.41, 5.74) is 1.21. The molecule has 0 aliphatic rings. The molecule has 0 unspecified atom stereocenters. The molecule has 0 bridgehead atoms. The van der Waals surface area contributed by atoms with Gasteiger partial charge in [-0.25, -0.2) is 0 Å². The summed E-state index contributed by atoms with van der Waals surface area (Å²) in [6, 6.07) is 12.0. The first kappa shape index (κ1) is 23.1. The van der Waals surface area contributed by atoms with Crippen molar-refractivity contribution in [1.29, 1.82) is 5.26 Å². The van der Waals surface area contributed by atoms with Crippen molar-refractivity contribution in [3.8, 4) is 6.07 Å². The summed E-state index contributed by atoms with van der Waals surface area (Å²) in [6.07, 6.45) is 0. The van der Waals surface area contributed by atoms with Gasteiger partial charge in [-0.15, -0.1) is 0 Å². The van der Waals surface area contributed by atoms with Crippen molar-refractivity contribution in [3.05, 3.63) is 80.8 Å². The monoisotopic (exact) mass is 488 g/mol. The second-order valence-corrected chi connectivity index (χ2v) is 5.75. The van der Waals surface area contributed by atoms with Gasteiger partial charge in [0.2, 0.25) is 0 Å². The normalized spacial score (nSPS) is 9.73. The van der Waals surface area contributed by atoms with Gasteiger partial charge < -0.3 is 22.3 Å². The van der Waals surface area contributed by atoms with E-state index >= 15 is 0 Å². The van der Waals surface area contributed by atoms with E-state index in [1.807, 2.05) is 6.07 Å². The van der Waals surface area contributed by atoms with Crippen molar-refractivity contribution in [2.45, 2.75) is 6.54 Å². The number of fused-ring (bicyclic) bond motifs is 1. The molecule has 2 heterocycles. The Labute approximate surface area is 214 Å². The Morgan fingerprint density at radius 1 is 1.23 bits per heavy atom. The zero-order valence-electron chi connectivity index (χ0n) is 14.8. The molecule has 0 aliphatic heterocycles. The van der Waals surface area contributed by atoms with Crippen LogP contribution in [-0.2, 0) is 13.6 Å². The quantitative estimate of drug-likeness (QED) is 0.501. The van der Waals surface area contributed by atoms with Crippen LogP contribution in [0, 0.1) is 18.8 Å².